The number of aryl methyl sites for hydroxylation is 1. The first-order valence-electron chi connectivity index (χ1n) is 7.87. The molecule has 1 aliphatic carbocycles. The maximum atomic E-state index is 12.0. The highest BCUT2D eigenvalue weighted by Gasteiger charge is 2.24. The molecular formula is C16H16N6O2. The SMILES string of the molecule is CCc1noc(-c2ccnc(-n3cnc(C(=O)NC4CC4)c3)c2)n1. The Balaban J connectivity index is 1.59. The molecule has 3 aromatic rings. The zero-order chi connectivity index (χ0) is 16.5. The van der Waals surface area contributed by atoms with E-state index in [1.165, 1.54) is 0 Å². The Kier molecular flexibility index (Phi) is 3.56. The van der Waals surface area contributed by atoms with Gasteiger partial charge in [0, 0.05) is 30.4 Å². The number of pyridine rings is 1. The van der Waals surface area contributed by atoms with E-state index in [0.29, 0.717) is 35.7 Å². The Hall–Kier alpha value is -3.03. The molecule has 1 saturated carbocycles. The van der Waals surface area contributed by atoms with Crippen molar-refractivity contribution < 1.29 is 9.32 Å². The van der Waals surface area contributed by atoms with Gasteiger partial charge >= 0.3 is 0 Å². The molecular weight excluding hydrogens is 308 g/mol. The van der Waals surface area contributed by atoms with Crippen LogP contribution < -0.4 is 5.32 Å². The third kappa shape index (κ3) is 2.90. The Labute approximate surface area is 137 Å². The number of carbonyl (C=O) groups is 1. The molecule has 0 bridgehead atoms. The van der Waals surface area contributed by atoms with Gasteiger partial charge in [-0.15, -0.1) is 0 Å². The number of aromatic nitrogens is 5. The molecule has 0 spiro atoms. The Morgan fingerprint density at radius 1 is 1.42 bits per heavy atom. The number of nitrogens with zero attached hydrogens (tertiary/aromatic N) is 5. The summed E-state index contributed by atoms with van der Waals surface area (Å²) in [6, 6.07) is 3.92. The van der Waals surface area contributed by atoms with E-state index < -0.39 is 0 Å². The number of carbonyl (C=O) groups excluding carboxylic acids is 1. The van der Waals surface area contributed by atoms with Gasteiger partial charge in [0.1, 0.15) is 17.8 Å². The Morgan fingerprint density at radius 3 is 3.04 bits per heavy atom. The van der Waals surface area contributed by atoms with Crippen molar-refractivity contribution in [2.45, 2.75) is 32.2 Å². The molecule has 0 atom stereocenters. The van der Waals surface area contributed by atoms with Crippen molar-refractivity contribution in [1.29, 1.82) is 0 Å². The van der Waals surface area contributed by atoms with Crippen molar-refractivity contribution in [2.75, 3.05) is 0 Å². The van der Waals surface area contributed by atoms with Crippen LogP contribution in [0.15, 0.2) is 35.4 Å². The summed E-state index contributed by atoms with van der Waals surface area (Å²) >= 11 is 0. The van der Waals surface area contributed by atoms with Crippen LogP contribution in [-0.2, 0) is 6.42 Å². The van der Waals surface area contributed by atoms with Crippen LogP contribution in [-0.4, -0.2) is 36.6 Å². The Morgan fingerprint density at radius 2 is 2.29 bits per heavy atom. The largest absolute Gasteiger partial charge is 0.348 e. The lowest BCUT2D eigenvalue weighted by Gasteiger charge is -2.02. The summed E-state index contributed by atoms with van der Waals surface area (Å²) in [5, 5.41) is 6.81. The van der Waals surface area contributed by atoms with Crippen LogP contribution in [0.2, 0.25) is 0 Å². The molecule has 0 radical (unpaired) electrons. The molecule has 0 aromatic carbocycles. The van der Waals surface area contributed by atoms with Gasteiger partial charge in [-0.25, -0.2) is 9.97 Å². The van der Waals surface area contributed by atoms with E-state index in [-0.39, 0.29) is 5.91 Å². The monoisotopic (exact) mass is 324 g/mol. The fourth-order valence-corrected chi connectivity index (χ4v) is 2.26. The summed E-state index contributed by atoms with van der Waals surface area (Å²) in [5.74, 6) is 1.57. The highest BCUT2D eigenvalue weighted by Crippen LogP contribution is 2.20. The third-order valence-corrected chi connectivity index (χ3v) is 3.77. The van der Waals surface area contributed by atoms with Gasteiger partial charge in [0.2, 0.25) is 0 Å². The topological polar surface area (TPSA) is 98.7 Å². The van der Waals surface area contributed by atoms with Crippen LogP contribution >= 0.6 is 0 Å². The lowest BCUT2D eigenvalue weighted by Crippen LogP contribution is -2.25. The molecule has 0 saturated heterocycles. The van der Waals surface area contributed by atoms with Crippen molar-refractivity contribution in [3.8, 4) is 17.3 Å². The number of imidazole rings is 1. The fourth-order valence-electron chi connectivity index (χ4n) is 2.26. The first-order chi connectivity index (χ1) is 11.7. The van der Waals surface area contributed by atoms with Crippen LogP contribution in [0, 0.1) is 0 Å². The van der Waals surface area contributed by atoms with E-state index in [4.69, 9.17) is 4.52 Å². The van der Waals surface area contributed by atoms with Crippen LogP contribution in [0.25, 0.3) is 17.3 Å². The summed E-state index contributed by atoms with van der Waals surface area (Å²) in [6.07, 6.45) is 7.68. The van der Waals surface area contributed by atoms with E-state index in [0.717, 1.165) is 18.4 Å². The molecule has 8 nitrogen and oxygen atoms in total. The van der Waals surface area contributed by atoms with Crippen LogP contribution in [0.1, 0.15) is 36.1 Å². The maximum Gasteiger partial charge on any atom is 0.271 e. The van der Waals surface area contributed by atoms with Gasteiger partial charge in [0.25, 0.3) is 11.8 Å². The number of nitrogens with one attached hydrogen (secondary N) is 1. The van der Waals surface area contributed by atoms with Crippen LogP contribution in [0.4, 0.5) is 0 Å². The van der Waals surface area contributed by atoms with Gasteiger partial charge < -0.3 is 9.84 Å². The van der Waals surface area contributed by atoms with Gasteiger partial charge in [-0.2, -0.15) is 4.98 Å². The lowest BCUT2D eigenvalue weighted by molar-refractivity contribution is 0.0946. The maximum absolute atomic E-state index is 12.0. The van der Waals surface area contributed by atoms with Crippen molar-refractivity contribution in [3.05, 3.63) is 42.4 Å². The summed E-state index contributed by atoms with van der Waals surface area (Å²) in [5.41, 5.74) is 1.14. The molecule has 0 aliphatic heterocycles. The highest BCUT2D eigenvalue weighted by atomic mass is 16.5. The van der Waals surface area contributed by atoms with Crippen molar-refractivity contribution in [2.24, 2.45) is 0 Å². The molecule has 8 heteroatoms. The molecule has 3 heterocycles. The molecule has 1 fully saturated rings. The first-order valence-corrected chi connectivity index (χ1v) is 7.87. The normalized spacial score (nSPS) is 13.9. The second-order valence-corrected chi connectivity index (χ2v) is 5.69. The van der Waals surface area contributed by atoms with Crippen LogP contribution in [0.3, 0.4) is 0 Å². The molecule has 1 amide bonds. The molecule has 122 valence electrons. The van der Waals surface area contributed by atoms with E-state index in [2.05, 4.69) is 25.4 Å². The molecule has 4 rings (SSSR count). The predicted molar refractivity (Wildman–Crippen MR) is 84.5 cm³/mol. The smallest absolute Gasteiger partial charge is 0.271 e. The average Bonchev–Trinajstić information content (AvgIpc) is 3.12. The van der Waals surface area contributed by atoms with Gasteiger partial charge in [-0.05, 0) is 25.0 Å². The second-order valence-electron chi connectivity index (χ2n) is 5.69. The van der Waals surface area contributed by atoms with E-state index in [1.54, 1.807) is 29.4 Å². The van der Waals surface area contributed by atoms with E-state index in [9.17, 15) is 4.79 Å². The highest BCUT2D eigenvalue weighted by molar-refractivity contribution is 5.92. The summed E-state index contributed by atoms with van der Waals surface area (Å²) < 4.78 is 6.95. The summed E-state index contributed by atoms with van der Waals surface area (Å²) in [4.78, 5) is 24.8. The van der Waals surface area contributed by atoms with Gasteiger partial charge in [-0.1, -0.05) is 12.1 Å². The van der Waals surface area contributed by atoms with E-state index >= 15 is 0 Å². The van der Waals surface area contributed by atoms with E-state index in [1.807, 2.05) is 13.0 Å². The van der Waals surface area contributed by atoms with Crippen molar-refractivity contribution in [3.63, 3.8) is 0 Å². The van der Waals surface area contributed by atoms with Gasteiger partial charge in [0.15, 0.2) is 5.82 Å². The van der Waals surface area contributed by atoms with Gasteiger partial charge in [-0.3, -0.25) is 9.36 Å². The second kappa shape index (κ2) is 5.88. The minimum absolute atomic E-state index is 0.156. The van der Waals surface area contributed by atoms with Gasteiger partial charge in [0.05, 0.1) is 0 Å². The van der Waals surface area contributed by atoms with Crippen molar-refractivity contribution in [1.82, 2.24) is 30.0 Å². The third-order valence-electron chi connectivity index (χ3n) is 3.77. The number of hydrogen-bond acceptors (Lipinski definition) is 6. The number of hydrogen-bond donors (Lipinski definition) is 1. The fraction of sp³-hybridized carbons (Fsp3) is 0.312. The number of amides is 1. The van der Waals surface area contributed by atoms with Crippen LogP contribution in [0.5, 0.6) is 0 Å². The quantitative estimate of drug-likeness (QED) is 0.768. The first kappa shape index (κ1) is 14.6. The molecule has 3 aromatic heterocycles. The summed E-state index contributed by atoms with van der Waals surface area (Å²) in [7, 11) is 0. The minimum atomic E-state index is -0.156. The summed E-state index contributed by atoms with van der Waals surface area (Å²) in [6.45, 7) is 1.96. The van der Waals surface area contributed by atoms with Crippen molar-refractivity contribution >= 4 is 5.91 Å². The zero-order valence-corrected chi connectivity index (χ0v) is 13.1. The molecule has 1 aliphatic rings. The Bertz CT molecular complexity index is 880. The number of rotatable bonds is 5. The predicted octanol–water partition coefficient (Wildman–Crippen LogP) is 1.77. The average molecular weight is 324 g/mol. The molecule has 0 unspecified atom stereocenters. The standard InChI is InChI=1S/C16H16N6O2/c1-2-13-20-16(24-21-13)10-5-6-17-14(7-10)22-8-12(18-9-22)15(23)19-11-3-4-11/h5-9,11H,2-4H2,1H3,(H,19,23). The molecule has 24 heavy (non-hydrogen) atoms. The zero-order valence-electron chi connectivity index (χ0n) is 13.1. The lowest BCUT2D eigenvalue weighted by atomic mass is 10.2. The molecule has 1 N–H and O–H groups in total. The minimum Gasteiger partial charge on any atom is -0.348 e.